The van der Waals surface area contributed by atoms with Gasteiger partial charge in [-0.1, -0.05) is 32.9 Å². The Morgan fingerprint density at radius 1 is 1.18 bits per heavy atom. The van der Waals surface area contributed by atoms with E-state index in [4.69, 9.17) is 0 Å². The molecule has 2 fully saturated rings. The molecule has 1 saturated heterocycles. The normalized spacial score (nSPS) is 26.9. The number of hydrogen-bond donors (Lipinski definition) is 1. The third kappa shape index (κ3) is 3.07. The Morgan fingerprint density at radius 3 is 2.45 bits per heavy atom. The van der Waals surface area contributed by atoms with E-state index in [2.05, 4.69) is 32.2 Å². The van der Waals surface area contributed by atoms with E-state index in [9.17, 15) is 8.42 Å². The van der Waals surface area contributed by atoms with Gasteiger partial charge < -0.3 is 5.32 Å². The van der Waals surface area contributed by atoms with Gasteiger partial charge in [-0.3, -0.25) is 0 Å². The van der Waals surface area contributed by atoms with Crippen molar-refractivity contribution in [3.8, 4) is 0 Å². The van der Waals surface area contributed by atoms with Crippen LogP contribution >= 0.6 is 0 Å². The van der Waals surface area contributed by atoms with Crippen LogP contribution in [0.2, 0.25) is 0 Å². The third-order valence-corrected chi connectivity index (χ3v) is 6.80. The highest BCUT2D eigenvalue weighted by atomic mass is 32.2. The van der Waals surface area contributed by atoms with Crippen LogP contribution < -0.4 is 5.32 Å². The van der Waals surface area contributed by atoms with Crippen molar-refractivity contribution >= 4 is 10.0 Å². The van der Waals surface area contributed by atoms with E-state index in [0.29, 0.717) is 29.8 Å². The first-order valence-corrected chi connectivity index (χ1v) is 9.55. The van der Waals surface area contributed by atoms with E-state index in [1.54, 1.807) is 10.4 Å². The van der Waals surface area contributed by atoms with E-state index < -0.39 is 10.0 Å². The molecule has 122 valence electrons. The van der Waals surface area contributed by atoms with Crippen LogP contribution in [-0.4, -0.2) is 38.9 Å². The zero-order valence-electron chi connectivity index (χ0n) is 13.7. The van der Waals surface area contributed by atoms with Gasteiger partial charge in [0.15, 0.2) is 0 Å². The highest BCUT2D eigenvalue weighted by Gasteiger charge is 2.46. The SMILES string of the molecule is CC(C)(C)[C@@H]1C[C@H]1c1cccc(S(=O)(=O)N2CCNCC2)c1. The Bertz CT molecular complexity index is 643. The number of nitrogens with one attached hydrogen (secondary N) is 1. The zero-order chi connectivity index (χ0) is 16.0. The maximum Gasteiger partial charge on any atom is 0.243 e. The molecule has 1 aromatic rings. The average Bonchev–Trinajstić information content (AvgIpc) is 3.29. The Labute approximate surface area is 134 Å². The zero-order valence-corrected chi connectivity index (χ0v) is 14.5. The highest BCUT2D eigenvalue weighted by molar-refractivity contribution is 7.89. The van der Waals surface area contributed by atoms with Crippen molar-refractivity contribution in [2.45, 2.75) is 38.0 Å². The first-order chi connectivity index (χ1) is 10.3. The van der Waals surface area contributed by atoms with Crippen molar-refractivity contribution in [1.82, 2.24) is 9.62 Å². The fraction of sp³-hybridized carbons (Fsp3) is 0.647. The molecule has 1 aromatic carbocycles. The minimum absolute atomic E-state index is 0.290. The second kappa shape index (κ2) is 5.62. The second-order valence-corrected chi connectivity index (χ2v) is 9.48. The van der Waals surface area contributed by atoms with E-state index in [1.165, 1.54) is 12.0 Å². The molecule has 22 heavy (non-hydrogen) atoms. The molecule has 1 aliphatic heterocycles. The fourth-order valence-electron chi connectivity index (χ4n) is 3.46. The fourth-order valence-corrected chi connectivity index (χ4v) is 4.96. The number of hydrogen-bond acceptors (Lipinski definition) is 3. The van der Waals surface area contributed by atoms with Gasteiger partial charge in [-0.25, -0.2) is 8.42 Å². The maximum absolute atomic E-state index is 12.8. The number of piperazine rings is 1. The van der Waals surface area contributed by atoms with Gasteiger partial charge in [0.2, 0.25) is 10.0 Å². The molecule has 1 N–H and O–H groups in total. The van der Waals surface area contributed by atoms with Crippen molar-refractivity contribution in [3.05, 3.63) is 29.8 Å². The van der Waals surface area contributed by atoms with E-state index in [1.807, 2.05) is 12.1 Å². The van der Waals surface area contributed by atoms with Crippen molar-refractivity contribution in [2.24, 2.45) is 11.3 Å². The van der Waals surface area contributed by atoms with Crippen molar-refractivity contribution in [2.75, 3.05) is 26.2 Å². The van der Waals surface area contributed by atoms with Gasteiger partial charge >= 0.3 is 0 Å². The lowest BCUT2D eigenvalue weighted by atomic mass is 9.88. The van der Waals surface area contributed by atoms with Crippen molar-refractivity contribution in [1.29, 1.82) is 0 Å². The van der Waals surface area contributed by atoms with Gasteiger partial charge in [-0.05, 0) is 41.4 Å². The molecular weight excluding hydrogens is 296 g/mol. The summed E-state index contributed by atoms with van der Waals surface area (Å²) in [6, 6.07) is 7.60. The van der Waals surface area contributed by atoms with Crippen LogP contribution in [-0.2, 0) is 10.0 Å². The summed E-state index contributed by atoms with van der Waals surface area (Å²) in [6.07, 6.45) is 1.17. The highest BCUT2D eigenvalue weighted by Crippen LogP contribution is 2.56. The van der Waals surface area contributed by atoms with Gasteiger partial charge in [-0.2, -0.15) is 4.31 Å². The minimum atomic E-state index is -3.35. The molecule has 1 heterocycles. The van der Waals surface area contributed by atoms with Crippen molar-refractivity contribution < 1.29 is 8.42 Å². The molecule has 0 spiro atoms. The van der Waals surface area contributed by atoms with Crippen LogP contribution in [0.25, 0.3) is 0 Å². The Kier molecular flexibility index (Phi) is 4.08. The molecule has 0 aromatic heterocycles. The van der Waals surface area contributed by atoms with Crippen LogP contribution in [0.5, 0.6) is 0 Å². The van der Waals surface area contributed by atoms with E-state index in [-0.39, 0.29) is 5.41 Å². The summed E-state index contributed by atoms with van der Waals surface area (Å²) in [5.41, 5.74) is 1.47. The topological polar surface area (TPSA) is 49.4 Å². The molecule has 0 radical (unpaired) electrons. The largest absolute Gasteiger partial charge is 0.314 e. The maximum atomic E-state index is 12.8. The smallest absolute Gasteiger partial charge is 0.243 e. The summed E-state index contributed by atoms with van der Waals surface area (Å²) in [4.78, 5) is 0.450. The van der Waals surface area contributed by atoms with Gasteiger partial charge in [0.05, 0.1) is 4.90 Å². The summed E-state index contributed by atoms with van der Waals surface area (Å²) < 4.78 is 27.1. The van der Waals surface area contributed by atoms with Crippen LogP contribution in [0, 0.1) is 11.3 Å². The van der Waals surface area contributed by atoms with Gasteiger partial charge in [0.25, 0.3) is 0 Å². The molecule has 0 bridgehead atoms. The molecular formula is C17H26N2O2S. The minimum Gasteiger partial charge on any atom is -0.314 e. The molecule has 0 unspecified atom stereocenters. The summed E-state index contributed by atoms with van der Waals surface area (Å²) in [6.45, 7) is 9.36. The third-order valence-electron chi connectivity index (χ3n) is 4.90. The predicted octanol–water partition coefficient (Wildman–Crippen LogP) is 2.43. The molecule has 0 amide bonds. The van der Waals surface area contributed by atoms with Crippen molar-refractivity contribution in [3.63, 3.8) is 0 Å². The molecule has 3 rings (SSSR count). The summed E-state index contributed by atoms with van der Waals surface area (Å²) in [5.74, 6) is 1.17. The van der Waals surface area contributed by atoms with Crippen LogP contribution in [0.3, 0.4) is 0 Å². The lowest BCUT2D eigenvalue weighted by Gasteiger charge is -2.26. The first-order valence-electron chi connectivity index (χ1n) is 8.11. The van der Waals surface area contributed by atoms with Gasteiger partial charge in [-0.15, -0.1) is 0 Å². The molecule has 1 aliphatic carbocycles. The van der Waals surface area contributed by atoms with Crippen LogP contribution in [0.4, 0.5) is 0 Å². The molecule has 1 saturated carbocycles. The lowest BCUT2D eigenvalue weighted by molar-refractivity contribution is 0.343. The lowest BCUT2D eigenvalue weighted by Crippen LogP contribution is -2.46. The molecule has 5 heteroatoms. The van der Waals surface area contributed by atoms with Crippen LogP contribution in [0.1, 0.15) is 38.7 Å². The Hall–Kier alpha value is -0.910. The monoisotopic (exact) mass is 322 g/mol. The Balaban J connectivity index is 1.83. The predicted molar refractivity (Wildman–Crippen MR) is 88.4 cm³/mol. The summed E-state index contributed by atoms with van der Waals surface area (Å²) in [7, 11) is -3.35. The molecule has 2 aliphatic rings. The molecule has 4 nitrogen and oxygen atoms in total. The molecule has 2 atom stereocenters. The number of benzene rings is 1. The summed E-state index contributed by atoms with van der Waals surface area (Å²) in [5, 5.41) is 3.19. The summed E-state index contributed by atoms with van der Waals surface area (Å²) >= 11 is 0. The second-order valence-electron chi connectivity index (χ2n) is 7.54. The first kappa shape index (κ1) is 16.0. The van der Waals surface area contributed by atoms with Gasteiger partial charge in [0.1, 0.15) is 0 Å². The average molecular weight is 322 g/mol. The Morgan fingerprint density at radius 2 is 1.86 bits per heavy atom. The quantitative estimate of drug-likeness (QED) is 0.930. The standard InChI is InChI=1S/C17H26N2O2S/c1-17(2,3)16-12-15(16)13-5-4-6-14(11-13)22(20,21)19-9-7-18-8-10-19/h4-6,11,15-16,18H,7-10,12H2,1-3H3/t15-,16+/m0/s1. The number of rotatable bonds is 3. The van der Waals surface area contributed by atoms with Gasteiger partial charge in [0, 0.05) is 26.2 Å². The number of sulfonamides is 1. The van der Waals surface area contributed by atoms with E-state index in [0.717, 1.165) is 13.1 Å². The van der Waals surface area contributed by atoms with Crippen LogP contribution in [0.15, 0.2) is 29.2 Å². The van der Waals surface area contributed by atoms with E-state index >= 15 is 0 Å². The number of nitrogens with zero attached hydrogens (tertiary/aromatic N) is 1.